The number of hydrogen-bond donors (Lipinski definition) is 1. The smallest absolute Gasteiger partial charge is 0.416 e. The Morgan fingerprint density at radius 3 is 2.50 bits per heavy atom. The normalized spacial score (nSPS) is 8.93. The van der Waals surface area contributed by atoms with Gasteiger partial charge in [-0.2, -0.15) is 0 Å². The lowest BCUT2D eigenvalue weighted by Gasteiger charge is -2.04. The molecule has 0 aliphatic rings. The number of imide groups is 1. The number of rotatable bonds is 5. The van der Waals surface area contributed by atoms with Gasteiger partial charge in [0.2, 0.25) is 0 Å². The topological polar surface area (TPSA) is 81.7 Å². The van der Waals surface area contributed by atoms with E-state index in [9.17, 15) is 14.4 Å². The Labute approximate surface area is 81.6 Å². The van der Waals surface area contributed by atoms with Crippen LogP contribution in [0.15, 0.2) is 0 Å². The van der Waals surface area contributed by atoms with Crippen molar-refractivity contribution in [1.82, 2.24) is 5.32 Å². The maximum Gasteiger partial charge on any atom is 0.416 e. The zero-order valence-electron chi connectivity index (χ0n) is 7.95. The van der Waals surface area contributed by atoms with Gasteiger partial charge in [-0.1, -0.05) is 0 Å². The average Bonchev–Trinajstić information content (AvgIpc) is 2.13. The molecule has 0 aliphatic heterocycles. The Balaban J connectivity index is 3.45. The van der Waals surface area contributed by atoms with Gasteiger partial charge in [-0.05, 0) is 13.3 Å². The van der Waals surface area contributed by atoms with Crippen LogP contribution in [0.5, 0.6) is 0 Å². The summed E-state index contributed by atoms with van der Waals surface area (Å²) in [5, 5.41) is 1.85. The highest BCUT2D eigenvalue weighted by atomic mass is 16.6. The van der Waals surface area contributed by atoms with Crippen LogP contribution in [0.3, 0.4) is 0 Å². The number of nitrogens with one attached hydrogen (secondary N) is 1. The van der Waals surface area contributed by atoms with Gasteiger partial charge in [-0.3, -0.25) is 0 Å². The lowest BCUT2D eigenvalue weighted by atomic mass is 10.3. The van der Waals surface area contributed by atoms with Gasteiger partial charge in [0.15, 0.2) is 0 Å². The minimum Gasteiger partial charge on any atom is -0.449 e. The summed E-state index contributed by atoms with van der Waals surface area (Å²) in [6.07, 6.45) is -0.207. The van der Waals surface area contributed by atoms with Crippen LogP contribution in [-0.2, 0) is 14.3 Å². The molecule has 0 aromatic heterocycles. The molecule has 0 rings (SSSR count). The molecule has 0 aromatic carbocycles. The third-order valence-corrected chi connectivity index (χ3v) is 1.18. The molecule has 0 radical (unpaired) electrons. The van der Waals surface area contributed by atoms with Crippen molar-refractivity contribution >= 4 is 18.5 Å². The molecule has 0 saturated carbocycles. The van der Waals surface area contributed by atoms with E-state index in [4.69, 9.17) is 0 Å². The van der Waals surface area contributed by atoms with Crippen LogP contribution in [-0.4, -0.2) is 31.7 Å². The zero-order chi connectivity index (χ0) is 10.8. The Morgan fingerprint density at radius 1 is 1.29 bits per heavy atom. The summed E-state index contributed by atoms with van der Waals surface area (Å²) in [7, 11) is 0. The second kappa shape index (κ2) is 8.03. The zero-order valence-corrected chi connectivity index (χ0v) is 7.95. The number of ether oxygens (including phenoxy) is 2. The molecule has 0 bridgehead atoms. The molecule has 1 N–H and O–H groups in total. The fourth-order valence-corrected chi connectivity index (χ4v) is 0.618. The van der Waals surface area contributed by atoms with Crippen molar-refractivity contribution in [2.75, 3.05) is 13.2 Å². The van der Waals surface area contributed by atoms with Crippen molar-refractivity contribution in [2.45, 2.75) is 19.8 Å². The molecule has 6 nitrogen and oxygen atoms in total. The van der Waals surface area contributed by atoms with Gasteiger partial charge < -0.3 is 14.3 Å². The fraction of sp³-hybridized carbons (Fsp3) is 0.625. The number of alkyl carbamates (subject to hydrolysis) is 2. The number of amides is 2. The van der Waals surface area contributed by atoms with E-state index in [0.29, 0.717) is 12.8 Å². The molecule has 14 heavy (non-hydrogen) atoms. The van der Waals surface area contributed by atoms with E-state index in [2.05, 4.69) is 9.47 Å². The Bertz CT molecular complexity index is 204. The number of unbranched alkanes of at least 4 members (excludes halogenated alkanes) is 1. The third kappa shape index (κ3) is 7.08. The van der Waals surface area contributed by atoms with Gasteiger partial charge in [-0.25, -0.2) is 14.9 Å². The van der Waals surface area contributed by atoms with Crippen LogP contribution in [0.1, 0.15) is 19.8 Å². The van der Waals surface area contributed by atoms with E-state index in [1.165, 1.54) is 0 Å². The molecule has 2 amide bonds. The van der Waals surface area contributed by atoms with E-state index >= 15 is 0 Å². The van der Waals surface area contributed by atoms with E-state index in [1.54, 1.807) is 6.92 Å². The monoisotopic (exact) mass is 203 g/mol. The van der Waals surface area contributed by atoms with Crippen LogP contribution < -0.4 is 5.32 Å². The number of carbonyl (C=O) groups excluding carboxylic acids is 3. The lowest BCUT2D eigenvalue weighted by molar-refractivity contribution is -0.108. The first-order valence-corrected chi connectivity index (χ1v) is 4.24. The molecule has 0 atom stereocenters. The lowest BCUT2D eigenvalue weighted by Crippen LogP contribution is -2.31. The van der Waals surface area contributed by atoms with Gasteiger partial charge in [0, 0.05) is 6.42 Å². The standard InChI is InChI=1S/C8H13NO5/c1-2-13-7(11)9-8(12)14-6-4-3-5-10/h5H,2-4,6H2,1H3,(H,9,11,12). The molecule has 0 aliphatic carbocycles. The number of hydrogen-bond acceptors (Lipinski definition) is 5. The van der Waals surface area contributed by atoms with E-state index < -0.39 is 12.2 Å². The first-order chi connectivity index (χ1) is 6.70. The van der Waals surface area contributed by atoms with Gasteiger partial charge in [0.05, 0.1) is 13.2 Å². The van der Waals surface area contributed by atoms with Gasteiger partial charge in [-0.15, -0.1) is 0 Å². The predicted molar refractivity (Wildman–Crippen MR) is 46.8 cm³/mol. The molecule has 0 spiro atoms. The molecule has 0 saturated heterocycles. The molecular formula is C8H13NO5. The maximum atomic E-state index is 10.8. The summed E-state index contributed by atoms with van der Waals surface area (Å²) in [6.45, 7) is 1.91. The highest BCUT2D eigenvalue weighted by Crippen LogP contribution is 1.87. The maximum absolute atomic E-state index is 10.8. The Hall–Kier alpha value is -1.59. The SMILES string of the molecule is CCOC(=O)NC(=O)OCCCC=O. The van der Waals surface area contributed by atoms with Crippen LogP contribution in [0, 0.1) is 0 Å². The fourth-order valence-electron chi connectivity index (χ4n) is 0.618. The molecule has 0 heterocycles. The molecule has 0 unspecified atom stereocenters. The van der Waals surface area contributed by atoms with Crippen LogP contribution in [0.25, 0.3) is 0 Å². The first-order valence-electron chi connectivity index (χ1n) is 4.24. The van der Waals surface area contributed by atoms with Crippen molar-refractivity contribution < 1.29 is 23.9 Å². The van der Waals surface area contributed by atoms with Crippen LogP contribution in [0.2, 0.25) is 0 Å². The predicted octanol–water partition coefficient (Wildman–Crippen LogP) is 0.848. The van der Waals surface area contributed by atoms with E-state index in [0.717, 1.165) is 6.29 Å². The van der Waals surface area contributed by atoms with Crippen molar-refractivity contribution in [1.29, 1.82) is 0 Å². The molecular weight excluding hydrogens is 190 g/mol. The van der Waals surface area contributed by atoms with Crippen molar-refractivity contribution in [3.63, 3.8) is 0 Å². The summed E-state index contributed by atoms with van der Waals surface area (Å²) < 4.78 is 8.98. The number of aldehydes is 1. The van der Waals surface area contributed by atoms with Crippen LogP contribution >= 0.6 is 0 Å². The Morgan fingerprint density at radius 2 is 1.93 bits per heavy atom. The summed E-state index contributed by atoms with van der Waals surface area (Å²) in [6, 6.07) is 0. The Kier molecular flexibility index (Phi) is 7.12. The molecule has 6 heteroatoms. The second-order valence-electron chi connectivity index (χ2n) is 2.29. The van der Waals surface area contributed by atoms with Gasteiger partial charge in [0.25, 0.3) is 0 Å². The molecule has 0 aromatic rings. The minimum absolute atomic E-state index is 0.101. The first kappa shape index (κ1) is 12.4. The summed E-state index contributed by atoms with van der Waals surface area (Å²) >= 11 is 0. The van der Waals surface area contributed by atoms with E-state index in [-0.39, 0.29) is 13.2 Å². The van der Waals surface area contributed by atoms with Crippen LogP contribution in [0.4, 0.5) is 9.59 Å². The van der Waals surface area contributed by atoms with E-state index in [1.807, 2.05) is 5.32 Å². The minimum atomic E-state index is -0.866. The highest BCUT2D eigenvalue weighted by Gasteiger charge is 2.07. The highest BCUT2D eigenvalue weighted by molar-refractivity contribution is 5.87. The second-order valence-corrected chi connectivity index (χ2v) is 2.29. The summed E-state index contributed by atoms with van der Waals surface area (Å²) in [5.41, 5.74) is 0. The third-order valence-electron chi connectivity index (χ3n) is 1.18. The summed E-state index contributed by atoms with van der Waals surface area (Å²) in [4.78, 5) is 31.3. The number of carbonyl (C=O) groups is 3. The van der Waals surface area contributed by atoms with Gasteiger partial charge in [0.1, 0.15) is 6.29 Å². The largest absolute Gasteiger partial charge is 0.449 e. The molecule has 80 valence electrons. The van der Waals surface area contributed by atoms with Crippen molar-refractivity contribution in [3.8, 4) is 0 Å². The van der Waals surface area contributed by atoms with Gasteiger partial charge >= 0.3 is 12.2 Å². The molecule has 0 fully saturated rings. The quantitative estimate of drug-likeness (QED) is 0.529. The van der Waals surface area contributed by atoms with Crippen molar-refractivity contribution in [2.24, 2.45) is 0 Å². The summed E-state index contributed by atoms with van der Waals surface area (Å²) in [5.74, 6) is 0. The average molecular weight is 203 g/mol. The van der Waals surface area contributed by atoms with Crippen molar-refractivity contribution in [3.05, 3.63) is 0 Å².